The number of nitrogens with zero attached hydrogens (tertiary/aromatic N) is 1. The van der Waals surface area contributed by atoms with Gasteiger partial charge in [0.2, 0.25) is 0 Å². The molecule has 5 heteroatoms. The van der Waals surface area contributed by atoms with E-state index in [-0.39, 0.29) is 5.82 Å². The lowest BCUT2D eigenvalue weighted by molar-refractivity contribution is -0.154. The second kappa shape index (κ2) is 6.33. The van der Waals surface area contributed by atoms with E-state index in [2.05, 4.69) is 0 Å². The number of aliphatic hydroxyl groups excluding tert-OH is 1. The molecule has 110 valence electrons. The fraction of sp³-hybridized carbons (Fsp3) is 0.533. The molecule has 0 saturated carbocycles. The van der Waals surface area contributed by atoms with Crippen molar-refractivity contribution in [1.82, 2.24) is 4.90 Å². The number of carbonyl (C=O) groups excluding carboxylic acids is 1. The van der Waals surface area contributed by atoms with Crippen LogP contribution in [-0.4, -0.2) is 41.8 Å². The molecule has 1 fully saturated rings. The summed E-state index contributed by atoms with van der Waals surface area (Å²) in [6.45, 7) is 2.92. The maximum absolute atomic E-state index is 13.3. The molecule has 20 heavy (non-hydrogen) atoms. The highest BCUT2D eigenvalue weighted by atomic mass is 19.1. The lowest BCUT2D eigenvalue weighted by Gasteiger charge is -2.37. The summed E-state index contributed by atoms with van der Waals surface area (Å²) in [5.41, 5.74) is 1.50. The number of esters is 1. The molecule has 1 N–H and O–H groups in total. The molecule has 2 rings (SSSR count). The Hall–Kier alpha value is -1.46. The van der Waals surface area contributed by atoms with E-state index in [1.165, 1.54) is 13.2 Å². The molecule has 0 bridgehead atoms. The average Bonchev–Trinajstić information content (AvgIpc) is 2.42. The standard InChI is InChI=1S/C15H20FNO3/c1-10-8-11(5-6-12(10)16)9-17-7-3-4-13(18)14(17)15(19)20-2/h5-6,8,13-14,18H,3-4,7,9H2,1-2H3/t13-,14+/m1/s1. The maximum Gasteiger partial charge on any atom is 0.325 e. The summed E-state index contributed by atoms with van der Waals surface area (Å²) in [6.07, 6.45) is 0.714. The van der Waals surface area contributed by atoms with Crippen LogP contribution < -0.4 is 0 Å². The van der Waals surface area contributed by atoms with Crippen LogP contribution in [0.3, 0.4) is 0 Å². The molecule has 0 amide bonds. The topological polar surface area (TPSA) is 49.8 Å². The van der Waals surface area contributed by atoms with Gasteiger partial charge in [-0.25, -0.2) is 4.39 Å². The molecule has 4 nitrogen and oxygen atoms in total. The molecule has 2 atom stereocenters. The Kier molecular flexibility index (Phi) is 4.73. The van der Waals surface area contributed by atoms with Gasteiger partial charge in [0.15, 0.2) is 0 Å². The molecule has 1 aliphatic heterocycles. The molecule has 1 saturated heterocycles. The largest absolute Gasteiger partial charge is 0.468 e. The van der Waals surface area contributed by atoms with Crippen molar-refractivity contribution < 1.29 is 19.0 Å². The first-order valence-electron chi connectivity index (χ1n) is 6.78. The van der Waals surface area contributed by atoms with Crippen molar-refractivity contribution in [1.29, 1.82) is 0 Å². The Morgan fingerprint density at radius 2 is 2.30 bits per heavy atom. The summed E-state index contributed by atoms with van der Waals surface area (Å²) in [5, 5.41) is 10.0. The zero-order chi connectivity index (χ0) is 14.7. The molecule has 0 radical (unpaired) electrons. The average molecular weight is 281 g/mol. The number of hydrogen-bond donors (Lipinski definition) is 1. The summed E-state index contributed by atoms with van der Waals surface area (Å²) in [4.78, 5) is 13.7. The number of benzene rings is 1. The van der Waals surface area contributed by atoms with Crippen LogP contribution in [0.4, 0.5) is 4.39 Å². The van der Waals surface area contributed by atoms with Gasteiger partial charge in [-0.1, -0.05) is 12.1 Å². The number of aryl methyl sites for hydroxylation is 1. The lowest BCUT2D eigenvalue weighted by atomic mass is 9.98. The zero-order valence-electron chi connectivity index (χ0n) is 11.8. The molecular weight excluding hydrogens is 261 g/mol. The van der Waals surface area contributed by atoms with E-state index in [9.17, 15) is 14.3 Å². The van der Waals surface area contributed by atoms with Gasteiger partial charge in [-0.15, -0.1) is 0 Å². The molecule has 1 aromatic rings. The Balaban J connectivity index is 2.16. The fourth-order valence-electron chi connectivity index (χ4n) is 2.69. The van der Waals surface area contributed by atoms with Crippen LogP contribution in [0.1, 0.15) is 24.0 Å². The molecule has 0 aliphatic carbocycles. The molecule has 1 heterocycles. The van der Waals surface area contributed by atoms with Gasteiger partial charge in [0, 0.05) is 6.54 Å². The molecular formula is C15H20FNO3. The van der Waals surface area contributed by atoms with Crippen molar-refractivity contribution in [3.8, 4) is 0 Å². The van der Waals surface area contributed by atoms with Crippen LogP contribution >= 0.6 is 0 Å². The number of piperidine rings is 1. The van der Waals surface area contributed by atoms with E-state index < -0.39 is 18.1 Å². The highest BCUT2D eigenvalue weighted by Crippen LogP contribution is 2.22. The number of rotatable bonds is 3. The predicted molar refractivity (Wildman–Crippen MR) is 72.6 cm³/mol. The van der Waals surface area contributed by atoms with Crippen molar-refractivity contribution in [3.05, 3.63) is 35.1 Å². The molecule has 0 unspecified atom stereocenters. The second-order valence-corrected chi connectivity index (χ2v) is 5.23. The van der Waals surface area contributed by atoms with Crippen molar-refractivity contribution >= 4 is 5.97 Å². The SMILES string of the molecule is COC(=O)[C@@H]1[C@H](O)CCCN1Cc1ccc(F)c(C)c1. The number of hydrogen-bond acceptors (Lipinski definition) is 4. The van der Waals surface area contributed by atoms with Crippen LogP contribution in [0.25, 0.3) is 0 Å². The number of halogens is 1. The van der Waals surface area contributed by atoms with Crippen molar-refractivity contribution in [3.63, 3.8) is 0 Å². The minimum Gasteiger partial charge on any atom is -0.468 e. The summed E-state index contributed by atoms with van der Waals surface area (Å²) in [6, 6.07) is 4.26. The van der Waals surface area contributed by atoms with Gasteiger partial charge in [-0.3, -0.25) is 9.69 Å². The quantitative estimate of drug-likeness (QED) is 0.856. The third-order valence-corrected chi connectivity index (χ3v) is 3.75. The number of aliphatic hydroxyl groups is 1. The first kappa shape index (κ1) is 14.9. The van der Waals surface area contributed by atoms with Crippen LogP contribution in [0.2, 0.25) is 0 Å². The van der Waals surface area contributed by atoms with E-state index in [1.54, 1.807) is 19.1 Å². The lowest BCUT2D eigenvalue weighted by Crippen LogP contribution is -2.52. The fourth-order valence-corrected chi connectivity index (χ4v) is 2.69. The number of likely N-dealkylation sites (tertiary alicyclic amines) is 1. The van der Waals surface area contributed by atoms with E-state index in [1.807, 2.05) is 4.90 Å². The molecule has 1 aliphatic rings. The van der Waals surface area contributed by atoms with E-state index in [0.29, 0.717) is 25.1 Å². The van der Waals surface area contributed by atoms with E-state index in [4.69, 9.17) is 4.74 Å². The maximum atomic E-state index is 13.3. The Morgan fingerprint density at radius 1 is 1.55 bits per heavy atom. The van der Waals surface area contributed by atoms with Gasteiger partial charge >= 0.3 is 5.97 Å². The summed E-state index contributed by atoms with van der Waals surface area (Å²) in [7, 11) is 1.32. The highest BCUT2D eigenvalue weighted by Gasteiger charge is 2.36. The monoisotopic (exact) mass is 281 g/mol. The first-order valence-corrected chi connectivity index (χ1v) is 6.78. The molecule has 0 spiro atoms. The highest BCUT2D eigenvalue weighted by molar-refractivity contribution is 5.76. The van der Waals surface area contributed by atoms with Crippen molar-refractivity contribution in [2.75, 3.05) is 13.7 Å². The molecule has 0 aromatic heterocycles. The van der Waals surface area contributed by atoms with Gasteiger partial charge in [-0.05, 0) is 43.5 Å². The predicted octanol–water partition coefficient (Wildman–Crippen LogP) is 1.63. The molecule has 1 aromatic carbocycles. The minimum absolute atomic E-state index is 0.239. The van der Waals surface area contributed by atoms with Gasteiger partial charge in [0.05, 0.1) is 13.2 Å². The number of carbonyl (C=O) groups is 1. The number of ether oxygens (including phenoxy) is 1. The summed E-state index contributed by atoms with van der Waals surface area (Å²) >= 11 is 0. The van der Waals surface area contributed by atoms with Crippen LogP contribution in [0.5, 0.6) is 0 Å². The third-order valence-electron chi connectivity index (χ3n) is 3.75. The van der Waals surface area contributed by atoms with Gasteiger partial charge < -0.3 is 9.84 Å². The van der Waals surface area contributed by atoms with Crippen LogP contribution in [-0.2, 0) is 16.1 Å². The summed E-state index contributed by atoms with van der Waals surface area (Å²) < 4.78 is 18.0. The van der Waals surface area contributed by atoms with E-state index >= 15 is 0 Å². The van der Waals surface area contributed by atoms with E-state index in [0.717, 1.165) is 12.0 Å². The first-order chi connectivity index (χ1) is 9.52. The van der Waals surface area contributed by atoms with Crippen LogP contribution in [0.15, 0.2) is 18.2 Å². The van der Waals surface area contributed by atoms with Gasteiger partial charge in [0.1, 0.15) is 11.9 Å². The Labute approximate surface area is 118 Å². The Morgan fingerprint density at radius 3 is 2.95 bits per heavy atom. The van der Waals surface area contributed by atoms with Crippen molar-refractivity contribution in [2.24, 2.45) is 0 Å². The second-order valence-electron chi connectivity index (χ2n) is 5.23. The third kappa shape index (κ3) is 3.16. The normalized spacial score (nSPS) is 23.6. The minimum atomic E-state index is -0.710. The van der Waals surface area contributed by atoms with Crippen molar-refractivity contribution in [2.45, 2.75) is 38.5 Å². The van der Waals surface area contributed by atoms with Gasteiger partial charge in [-0.2, -0.15) is 0 Å². The van der Waals surface area contributed by atoms with Gasteiger partial charge in [0.25, 0.3) is 0 Å². The zero-order valence-corrected chi connectivity index (χ0v) is 11.8. The summed E-state index contributed by atoms with van der Waals surface area (Å²) in [5.74, 6) is -0.659. The Bertz CT molecular complexity index is 492. The smallest absolute Gasteiger partial charge is 0.325 e. The van der Waals surface area contributed by atoms with Crippen LogP contribution in [0, 0.1) is 12.7 Å². The number of methoxy groups -OCH3 is 1.